The average Bonchev–Trinajstić information content (AvgIpc) is 2.55. The van der Waals surface area contributed by atoms with Gasteiger partial charge >= 0.3 is 0 Å². The first kappa shape index (κ1) is 17.0. The van der Waals surface area contributed by atoms with Gasteiger partial charge in [-0.3, -0.25) is 9.59 Å². The van der Waals surface area contributed by atoms with Gasteiger partial charge in [0.15, 0.2) is 12.4 Å². The maximum absolute atomic E-state index is 11.8. The first-order valence-electron chi connectivity index (χ1n) is 7.29. The SMILES string of the molecule is CC(=O)c1cccc(OCC(=O)NCCc2ccc(Cl)cc2)c1. The van der Waals surface area contributed by atoms with E-state index in [9.17, 15) is 9.59 Å². The van der Waals surface area contributed by atoms with E-state index >= 15 is 0 Å². The Labute approximate surface area is 140 Å². The Balaban J connectivity index is 1.73. The second kappa shape index (κ2) is 8.34. The lowest BCUT2D eigenvalue weighted by Crippen LogP contribution is -2.30. The van der Waals surface area contributed by atoms with E-state index in [0.717, 1.165) is 12.0 Å². The van der Waals surface area contributed by atoms with Gasteiger partial charge in [-0.2, -0.15) is 0 Å². The fourth-order valence-corrected chi connectivity index (χ4v) is 2.13. The third-order valence-corrected chi connectivity index (χ3v) is 3.51. The molecule has 0 aliphatic heterocycles. The summed E-state index contributed by atoms with van der Waals surface area (Å²) in [4.78, 5) is 23.0. The van der Waals surface area contributed by atoms with E-state index in [4.69, 9.17) is 16.3 Å². The van der Waals surface area contributed by atoms with Crippen molar-refractivity contribution < 1.29 is 14.3 Å². The number of ketones is 1. The van der Waals surface area contributed by atoms with E-state index in [-0.39, 0.29) is 18.3 Å². The summed E-state index contributed by atoms with van der Waals surface area (Å²) in [5.74, 6) is 0.264. The average molecular weight is 332 g/mol. The zero-order chi connectivity index (χ0) is 16.7. The Morgan fingerprint density at radius 3 is 2.57 bits per heavy atom. The number of carbonyl (C=O) groups is 2. The fourth-order valence-electron chi connectivity index (χ4n) is 2.00. The van der Waals surface area contributed by atoms with E-state index in [0.29, 0.717) is 22.9 Å². The van der Waals surface area contributed by atoms with Gasteiger partial charge in [-0.1, -0.05) is 35.9 Å². The van der Waals surface area contributed by atoms with Crippen molar-refractivity contribution in [3.8, 4) is 5.75 Å². The van der Waals surface area contributed by atoms with Crippen LogP contribution in [0.4, 0.5) is 0 Å². The Morgan fingerprint density at radius 1 is 1.13 bits per heavy atom. The van der Waals surface area contributed by atoms with Crippen molar-refractivity contribution in [3.05, 3.63) is 64.7 Å². The van der Waals surface area contributed by atoms with E-state index in [2.05, 4.69) is 5.32 Å². The van der Waals surface area contributed by atoms with Gasteiger partial charge in [-0.15, -0.1) is 0 Å². The van der Waals surface area contributed by atoms with Crippen molar-refractivity contribution in [2.75, 3.05) is 13.2 Å². The number of nitrogens with one attached hydrogen (secondary N) is 1. The molecule has 0 aliphatic rings. The van der Waals surface area contributed by atoms with Gasteiger partial charge in [0.05, 0.1) is 0 Å². The highest BCUT2D eigenvalue weighted by Gasteiger charge is 2.05. The van der Waals surface area contributed by atoms with E-state index < -0.39 is 0 Å². The van der Waals surface area contributed by atoms with Crippen molar-refractivity contribution in [1.29, 1.82) is 0 Å². The lowest BCUT2D eigenvalue weighted by molar-refractivity contribution is -0.123. The number of amides is 1. The predicted molar refractivity (Wildman–Crippen MR) is 90.1 cm³/mol. The molecule has 0 unspecified atom stereocenters. The molecule has 0 fully saturated rings. The van der Waals surface area contributed by atoms with Gasteiger partial charge in [-0.05, 0) is 43.2 Å². The summed E-state index contributed by atoms with van der Waals surface area (Å²) in [7, 11) is 0. The molecule has 2 aromatic rings. The molecule has 0 heterocycles. The summed E-state index contributed by atoms with van der Waals surface area (Å²) in [5.41, 5.74) is 1.66. The molecule has 5 heteroatoms. The van der Waals surface area contributed by atoms with Crippen LogP contribution >= 0.6 is 11.6 Å². The molecule has 1 amide bonds. The van der Waals surface area contributed by atoms with Crippen LogP contribution in [-0.4, -0.2) is 24.8 Å². The fraction of sp³-hybridized carbons (Fsp3) is 0.222. The van der Waals surface area contributed by atoms with Gasteiger partial charge in [0.2, 0.25) is 0 Å². The quantitative estimate of drug-likeness (QED) is 0.792. The highest BCUT2D eigenvalue weighted by atomic mass is 35.5. The van der Waals surface area contributed by atoms with Crippen LogP contribution in [0.15, 0.2) is 48.5 Å². The van der Waals surface area contributed by atoms with Gasteiger partial charge in [-0.25, -0.2) is 0 Å². The molecule has 0 saturated carbocycles. The molecule has 0 bridgehead atoms. The van der Waals surface area contributed by atoms with Crippen molar-refractivity contribution >= 4 is 23.3 Å². The highest BCUT2D eigenvalue weighted by Crippen LogP contribution is 2.13. The zero-order valence-electron chi connectivity index (χ0n) is 12.8. The van der Waals surface area contributed by atoms with Gasteiger partial charge in [0.1, 0.15) is 5.75 Å². The monoisotopic (exact) mass is 331 g/mol. The summed E-state index contributed by atoms with van der Waals surface area (Å²) in [6.45, 7) is 1.93. The Morgan fingerprint density at radius 2 is 1.87 bits per heavy atom. The summed E-state index contributed by atoms with van der Waals surface area (Å²) in [6, 6.07) is 14.3. The Kier molecular flexibility index (Phi) is 6.18. The molecule has 0 atom stereocenters. The topological polar surface area (TPSA) is 55.4 Å². The molecule has 2 rings (SSSR count). The number of rotatable bonds is 7. The molecular formula is C18H18ClNO3. The standard InChI is InChI=1S/C18H18ClNO3/c1-13(21)15-3-2-4-17(11-15)23-12-18(22)20-10-9-14-5-7-16(19)8-6-14/h2-8,11H,9-10,12H2,1H3,(H,20,22). The molecule has 120 valence electrons. The molecule has 0 aliphatic carbocycles. The summed E-state index contributed by atoms with van der Waals surface area (Å²) < 4.78 is 5.40. The van der Waals surface area contributed by atoms with Crippen LogP contribution < -0.4 is 10.1 Å². The minimum Gasteiger partial charge on any atom is -0.484 e. The minimum atomic E-state index is -0.202. The second-order valence-corrected chi connectivity index (χ2v) is 5.54. The summed E-state index contributed by atoms with van der Waals surface area (Å²) in [5, 5.41) is 3.48. The van der Waals surface area contributed by atoms with Crippen molar-refractivity contribution in [1.82, 2.24) is 5.32 Å². The number of hydrogen-bond acceptors (Lipinski definition) is 3. The minimum absolute atomic E-state index is 0.0390. The molecule has 0 radical (unpaired) electrons. The number of hydrogen-bond donors (Lipinski definition) is 1. The number of benzene rings is 2. The smallest absolute Gasteiger partial charge is 0.257 e. The van der Waals surface area contributed by atoms with Crippen molar-refractivity contribution in [2.24, 2.45) is 0 Å². The number of Topliss-reactive ketones (excluding diaryl/α,β-unsaturated/α-hetero) is 1. The molecule has 4 nitrogen and oxygen atoms in total. The molecule has 23 heavy (non-hydrogen) atoms. The lowest BCUT2D eigenvalue weighted by Gasteiger charge is -2.08. The number of ether oxygens (including phenoxy) is 1. The van der Waals surface area contributed by atoms with Crippen molar-refractivity contribution in [3.63, 3.8) is 0 Å². The van der Waals surface area contributed by atoms with Gasteiger partial charge in [0.25, 0.3) is 5.91 Å². The first-order chi connectivity index (χ1) is 11.0. The third kappa shape index (κ3) is 5.75. The third-order valence-electron chi connectivity index (χ3n) is 3.26. The normalized spacial score (nSPS) is 10.2. The van der Waals surface area contributed by atoms with Crippen LogP contribution in [0.1, 0.15) is 22.8 Å². The highest BCUT2D eigenvalue weighted by molar-refractivity contribution is 6.30. The van der Waals surface area contributed by atoms with Crippen LogP contribution in [0.3, 0.4) is 0 Å². The van der Waals surface area contributed by atoms with E-state index in [1.807, 2.05) is 24.3 Å². The van der Waals surface area contributed by atoms with Crippen LogP contribution in [0.5, 0.6) is 5.75 Å². The van der Waals surface area contributed by atoms with Gasteiger partial charge in [0, 0.05) is 17.1 Å². The van der Waals surface area contributed by atoms with E-state index in [1.165, 1.54) is 6.92 Å². The molecule has 1 N–H and O–H groups in total. The van der Waals surface area contributed by atoms with Gasteiger partial charge < -0.3 is 10.1 Å². The van der Waals surface area contributed by atoms with Crippen LogP contribution in [0, 0.1) is 0 Å². The van der Waals surface area contributed by atoms with Crippen LogP contribution in [0.25, 0.3) is 0 Å². The van der Waals surface area contributed by atoms with Crippen LogP contribution in [0.2, 0.25) is 5.02 Å². The maximum atomic E-state index is 11.8. The van der Waals surface area contributed by atoms with E-state index in [1.54, 1.807) is 24.3 Å². The molecule has 0 aromatic heterocycles. The number of carbonyl (C=O) groups excluding carboxylic acids is 2. The lowest BCUT2D eigenvalue weighted by atomic mass is 10.1. The largest absolute Gasteiger partial charge is 0.484 e. The Bertz CT molecular complexity index is 683. The maximum Gasteiger partial charge on any atom is 0.257 e. The summed E-state index contributed by atoms with van der Waals surface area (Å²) >= 11 is 5.82. The first-order valence-corrected chi connectivity index (χ1v) is 7.67. The summed E-state index contributed by atoms with van der Waals surface area (Å²) in [6.07, 6.45) is 0.725. The second-order valence-electron chi connectivity index (χ2n) is 5.10. The van der Waals surface area contributed by atoms with Crippen LogP contribution in [-0.2, 0) is 11.2 Å². The molecule has 0 spiro atoms. The Hall–Kier alpha value is -2.33. The predicted octanol–water partition coefficient (Wildman–Crippen LogP) is 3.28. The molecule has 0 saturated heterocycles. The molecular weight excluding hydrogens is 314 g/mol. The van der Waals surface area contributed by atoms with Crippen molar-refractivity contribution in [2.45, 2.75) is 13.3 Å². The molecule has 2 aromatic carbocycles. The zero-order valence-corrected chi connectivity index (χ0v) is 13.6. The number of halogens is 1.